The summed E-state index contributed by atoms with van der Waals surface area (Å²) in [6.07, 6.45) is 0. The third kappa shape index (κ3) is 4.65. The van der Waals surface area contributed by atoms with Crippen LogP contribution in [0.25, 0.3) is 0 Å². The Morgan fingerprint density at radius 3 is 3.00 bits per heavy atom. The topological polar surface area (TPSA) is 58.6 Å². The van der Waals surface area contributed by atoms with Crippen molar-refractivity contribution in [3.8, 4) is 0 Å². The maximum atomic E-state index is 11.5. The van der Waals surface area contributed by atoms with Crippen molar-refractivity contribution in [2.45, 2.75) is 4.90 Å². The van der Waals surface area contributed by atoms with Crippen molar-refractivity contribution >= 4 is 29.9 Å². The molecular formula is C9H13NO3S2. The summed E-state index contributed by atoms with van der Waals surface area (Å²) in [5, 5.41) is 12.9. The molecule has 1 amide bonds. The smallest absolute Gasteiger partial charge is 0.261 e. The summed E-state index contributed by atoms with van der Waals surface area (Å²) < 4.78 is 5.00. The van der Waals surface area contributed by atoms with E-state index in [1.54, 1.807) is 11.4 Å². The van der Waals surface area contributed by atoms with Crippen LogP contribution in [0.1, 0.15) is 9.67 Å². The van der Waals surface area contributed by atoms with E-state index in [0.29, 0.717) is 24.6 Å². The normalized spacial score (nSPS) is 10.3. The van der Waals surface area contributed by atoms with Crippen LogP contribution in [0.2, 0.25) is 0 Å². The van der Waals surface area contributed by atoms with Crippen molar-refractivity contribution in [1.29, 1.82) is 0 Å². The molecule has 1 aromatic rings. The van der Waals surface area contributed by atoms with Crippen molar-refractivity contribution in [3.05, 3.63) is 16.3 Å². The highest BCUT2D eigenvalue weighted by Crippen LogP contribution is 2.16. The van der Waals surface area contributed by atoms with Crippen molar-refractivity contribution in [1.82, 2.24) is 5.32 Å². The van der Waals surface area contributed by atoms with Gasteiger partial charge in [0.25, 0.3) is 5.91 Å². The quantitative estimate of drug-likeness (QED) is 0.514. The molecule has 84 valence electrons. The monoisotopic (exact) mass is 247 g/mol. The maximum Gasteiger partial charge on any atom is 0.261 e. The van der Waals surface area contributed by atoms with E-state index >= 15 is 0 Å². The number of aliphatic hydroxyl groups is 1. The van der Waals surface area contributed by atoms with Crippen LogP contribution in [-0.2, 0) is 4.74 Å². The number of thiol groups is 1. The minimum absolute atomic E-state index is 0.00187. The van der Waals surface area contributed by atoms with Crippen LogP contribution in [0, 0.1) is 0 Å². The SMILES string of the molecule is O=C(NCCOCCO)c1cc(S)cs1. The molecule has 2 N–H and O–H groups in total. The lowest BCUT2D eigenvalue weighted by atomic mass is 10.4. The Morgan fingerprint density at radius 1 is 1.60 bits per heavy atom. The minimum Gasteiger partial charge on any atom is -0.394 e. The Morgan fingerprint density at radius 2 is 2.40 bits per heavy atom. The number of nitrogens with one attached hydrogen (secondary N) is 1. The Kier molecular flexibility index (Phi) is 5.70. The van der Waals surface area contributed by atoms with E-state index < -0.39 is 0 Å². The van der Waals surface area contributed by atoms with Gasteiger partial charge in [0, 0.05) is 16.8 Å². The summed E-state index contributed by atoms with van der Waals surface area (Å²) >= 11 is 5.47. The Hall–Kier alpha value is -0.560. The van der Waals surface area contributed by atoms with Crippen LogP contribution < -0.4 is 5.32 Å². The number of rotatable bonds is 6. The maximum absolute atomic E-state index is 11.5. The van der Waals surface area contributed by atoms with E-state index in [9.17, 15) is 4.79 Å². The van der Waals surface area contributed by atoms with Crippen LogP contribution in [0.15, 0.2) is 16.3 Å². The van der Waals surface area contributed by atoms with E-state index in [0.717, 1.165) is 4.90 Å². The van der Waals surface area contributed by atoms with E-state index in [-0.39, 0.29) is 12.5 Å². The molecule has 0 bridgehead atoms. The number of hydrogen-bond donors (Lipinski definition) is 3. The molecule has 4 nitrogen and oxygen atoms in total. The molecule has 0 radical (unpaired) electrons. The number of ether oxygens (including phenoxy) is 1. The third-order valence-corrected chi connectivity index (χ3v) is 2.94. The van der Waals surface area contributed by atoms with Crippen molar-refractivity contribution in [2.75, 3.05) is 26.4 Å². The second kappa shape index (κ2) is 6.84. The van der Waals surface area contributed by atoms with Crippen LogP contribution in [-0.4, -0.2) is 37.4 Å². The molecule has 0 aromatic carbocycles. The van der Waals surface area contributed by atoms with Crippen molar-refractivity contribution < 1.29 is 14.6 Å². The molecule has 1 rings (SSSR count). The Balaban J connectivity index is 2.19. The van der Waals surface area contributed by atoms with Crippen LogP contribution in [0.3, 0.4) is 0 Å². The first-order valence-corrected chi connectivity index (χ1v) is 5.81. The van der Waals surface area contributed by atoms with Gasteiger partial charge in [-0.2, -0.15) is 0 Å². The summed E-state index contributed by atoms with van der Waals surface area (Å²) in [7, 11) is 0. The fourth-order valence-electron chi connectivity index (χ4n) is 0.936. The van der Waals surface area contributed by atoms with Gasteiger partial charge in [-0.15, -0.1) is 24.0 Å². The van der Waals surface area contributed by atoms with Crippen molar-refractivity contribution in [2.24, 2.45) is 0 Å². The molecule has 0 aliphatic rings. The van der Waals surface area contributed by atoms with Gasteiger partial charge in [0.1, 0.15) is 0 Å². The first kappa shape index (κ1) is 12.5. The number of carbonyl (C=O) groups excluding carboxylic acids is 1. The van der Waals surface area contributed by atoms with Crippen LogP contribution in [0.5, 0.6) is 0 Å². The molecule has 1 aromatic heterocycles. The molecule has 0 aliphatic heterocycles. The molecule has 0 spiro atoms. The van der Waals surface area contributed by atoms with Gasteiger partial charge in [-0.25, -0.2) is 0 Å². The highest BCUT2D eigenvalue weighted by atomic mass is 32.1. The molecule has 0 saturated carbocycles. The first-order valence-electron chi connectivity index (χ1n) is 4.48. The van der Waals surface area contributed by atoms with E-state index in [1.165, 1.54) is 11.3 Å². The summed E-state index contributed by atoms with van der Waals surface area (Å²) in [6, 6.07) is 1.72. The van der Waals surface area contributed by atoms with Gasteiger partial charge in [-0.1, -0.05) is 0 Å². The first-order chi connectivity index (χ1) is 7.24. The predicted molar refractivity (Wildman–Crippen MR) is 61.8 cm³/mol. The van der Waals surface area contributed by atoms with Crippen LogP contribution in [0.4, 0.5) is 0 Å². The fraction of sp³-hybridized carbons (Fsp3) is 0.444. The van der Waals surface area contributed by atoms with Gasteiger partial charge in [0.15, 0.2) is 0 Å². The lowest BCUT2D eigenvalue weighted by Crippen LogP contribution is -2.26. The number of thiophene rings is 1. The van der Waals surface area contributed by atoms with E-state index in [2.05, 4.69) is 17.9 Å². The molecular weight excluding hydrogens is 234 g/mol. The third-order valence-electron chi connectivity index (χ3n) is 1.58. The molecule has 1 heterocycles. The number of amides is 1. The number of carbonyl (C=O) groups is 1. The predicted octanol–water partition coefficient (Wildman–Crippen LogP) is 0.776. The van der Waals surface area contributed by atoms with Gasteiger partial charge in [-0.05, 0) is 6.07 Å². The lowest BCUT2D eigenvalue weighted by Gasteiger charge is -2.03. The summed E-state index contributed by atoms with van der Waals surface area (Å²) in [5.41, 5.74) is 0. The molecule has 0 unspecified atom stereocenters. The average Bonchev–Trinajstić information content (AvgIpc) is 2.64. The van der Waals surface area contributed by atoms with E-state index in [1.807, 2.05) is 0 Å². The summed E-state index contributed by atoms with van der Waals surface area (Å²) in [4.78, 5) is 12.9. The fourth-order valence-corrected chi connectivity index (χ4v) is 2.00. The highest BCUT2D eigenvalue weighted by molar-refractivity contribution is 7.80. The molecule has 0 atom stereocenters. The molecule has 0 fully saturated rings. The minimum atomic E-state index is -0.118. The molecule has 15 heavy (non-hydrogen) atoms. The molecule has 6 heteroatoms. The highest BCUT2D eigenvalue weighted by Gasteiger charge is 2.06. The van der Waals surface area contributed by atoms with E-state index in [4.69, 9.17) is 9.84 Å². The Bertz CT molecular complexity index is 314. The summed E-state index contributed by atoms with van der Waals surface area (Å²) in [5.74, 6) is -0.118. The van der Waals surface area contributed by atoms with Gasteiger partial charge in [-0.3, -0.25) is 4.79 Å². The number of hydrogen-bond acceptors (Lipinski definition) is 5. The number of aliphatic hydroxyl groups excluding tert-OH is 1. The van der Waals surface area contributed by atoms with Crippen LogP contribution >= 0.6 is 24.0 Å². The zero-order valence-electron chi connectivity index (χ0n) is 8.10. The standard InChI is InChI=1S/C9H13NO3S2/c11-2-4-13-3-1-10-9(12)8-5-7(14)6-15-8/h5-6,11,14H,1-4H2,(H,10,12). The second-order valence-electron chi connectivity index (χ2n) is 2.76. The summed E-state index contributed by atoms with van der Waals surface area (Å²) in [6.45, 7) is 1.15. The lowest BCUT2D eigenvalue weighted by molar-refractivity contribution is 0.0840. The zero-order valence-corrected chi connectivity index (χ0v) is 9.81. The zero-order chi connectivity index (χ0) is 11.1. The van der Waals surface area contributed by atoms with Gasteiger partial charge in [0.2, 0.25) is 0 Å². The second-order valence-corrected chi connectivity index (χ2v) is 4.19. The van der Waals surface area contributed by atoms with Gasteiger partial charge in [0.05, 0.1) is 24.7 Å². The van der Waals surface area contributed by atoms with Gasteiger partial charge >= 0.3 is 0 Å². The molecule has 0 saturated heterocycles. The van der Waals surface area contributed by atoms with Gasteiger partial charge < -0.3 is 15.2 Å². The molecule has 0 aliphatic carbocycles. The largest absolute Gasteiger partial charge is 0.394 e. The average molecular weight is 247 g/mol. The van der Waals surface area contributed by atoms with Crippen molar-refractivity contribution in [3.63, 3.8) is 0 Å². The Labute approximate surface area is 97.7 Å².